The molecule has 0 aliphatic rings. The van der Waals surface area contributed by atoms with Crippen molar-refractivity contribution in [2.45, 2.75) is 18.4 Å². The highest BCUT2D eigenvalue weighted by Crippen LogP contribution is 2.25. The van der Waals surface area contributed by atoms with Crippen molar-refractivity contribution in [1.82, 2.24) is 9.29 Å². The van der Waals surface area contributed by atoms with Crippen molar-refractivity contribution >= 4 is 27.3 Å². The van der Waals surface area contributed by atoms with E-state index in [0.29, 0.717) is 5.69 Å². The molecule has 0 saturated heterocycles. The van der Waals surface area contributed by atoms with Crippen molar-refractivity contribution in [1.29, 1.82) is 0 Å². The van der Waals surface area contributed by atoms with Crippen molar-refractivity contribution in [2.24, 2.45) is 0 Å². The lowest BCUT2D eigenvalue weighted by atomic mass is 10.3. The van der Waals surface area contributed by atoms with Crippen molar-refractivity contribution in [2.75, 3.05) is 7.05 Å². The minimum Gasteiger partial charge on any atom is -0.477 e. The smallest absolute Gasteiger partial charge is 0.347 e. The van der Waals surface area contributed by atoms with Gasteiger partial charge in [0, 0.05) is 12.7 Å². The molecule has 0 bridgehead atoms. The summed E-state index contributed by atoms with van der Waals surface area (Å²) in [5, 5.41) is 10.5. The number of aromatic nitrogens is 1. The molecule has 2 aromatic heterocycles. The monoisotopic (exact) mass is 326 g/mol. The van der Waals surface area contributed by atoms with Crippen LogP contribution in [0.1, 0.15) is 21.1 Å². The molecule has 0 aromatic carbocycles. The van der Waals surface area contributed by atoms with E-state index in [1.165, 1.54) is 18.5 Å². The summed E-state index contributed by atoms with van der Waals surface area (Å²) in [6, 6.07) is 6.65. The summed E-state index contributed by atoms with van der Waals surface area (Å²) in [5.41, 5.74) is 1.40. The molecule has 1 N–H and O–H groups in total. The molecule has 112 valence electrons. The van der Waals surface area contributed by atoms with E-state index < -0.39 is 16.0 Å². The second kappa shape index (κ2) is 5.92. The first-order valence-corrected chi connectivity index (χ1v) is 8.34. The maximum atomic E-state index is 12.4. The summed E-state index contributed by atoms with van der Waals surface area (Å²) < 4.78 is 26.0. The number of rotatable bonds is 5. The molecule has 8 heteroatoms. The number of thiophene rings is 1. The second-order valence-electron chi connectivity index (χ2n) is 4.45. The summed E-state index contributed by atoms with van der Waals surface area (Å²) in [7, 11) is -2.45. The number of hydrogen-bond acceptors (Lipinski definition) is 5. The molecular weight excluding hydrogens is 312 g/mol. The molecular formula is C13H14N2O4S2. The van der Waals surface area contributed by atoms with Gasteiger partial charge in [-0.15, -0.1) is 11.3 Å². The Bertz CT molecular complexity index is 768. The van der Waals surface area contributed by atoms with Crippen molar-refractivity contribution < 1.29 is 18.3 Å². The van der Waals surface area contributed by atoms with Crippen LogP contribution in [0.25, 0.3) is 0 Å². The van der Waals surface area contributed by atoms with Gasteiger partial charge in [-0.1, -0.05) is 6.07 Å². The Morgan fingerprint density at radius 2 is 2.10 bits per heavy atom. The van der Waals surface area contributed by atoms with Crippen molar-refractivity contribution in [3.05, 3.63) is 45.9 Å². The van der Waals surface area contributed by atoms with Gasteiger partial charge in [0.1, 0.15) is 9.77 Å². The average molecular weight is 326 g/mol. The summed E-state index contributed by atoms with van der Waals surface area (Å²) in [6.45, 7) is 1.90. The van der Waals surface area contributed by atoms with Gasteiger partial charge in [0.15, 0.2) is 0 Å². The molecule has 0 fully saturated rings. The molecule has 0 aliphatic heterocycles. The zero-order chi connectivity index (χ0) is 15.6. The summed E-state index contributed by atoms with van der Waals surface area (Å²) >= 11 is 0.890. The third-order valence-corrected chi connectivity index (χ3v) is 5.72. The largest absolute Gasteiger partial charge is 0.477 e. The van der Waals surface area contributed by atoms with Gasteiger partial charge in [-0.25, -0.2) is 13.2 Å². The molecule has 2 heterocycles. The van der Waals surface area contributed by atoms with Crippen LogP contribution in [0.4, 0.5) is 0 Å². The quantitative estimate of drug-likeness (QED) is 0.907. The normalized spacial score (nSPS) is 11.8. The molecule has 2 rings (SSSR count). The molecule has 0 aliphatic carbocycles. The fraction of sp³-hybridized carbons (Fsp3) is 0.231. The number of carboxylic acids is 1. The predicted octanol–water partition coefficient (Wildman–Crippen LogP) is 1.97. The maximum Gasteiger partial charge on any atom is 0.347 e. The second-order valence-corrected chi connectivity index (χ2v) is 7.38. The van der Waals surface area contributed by atoms with Crippen molar-refractivity contribution in [3.63, 3.8) is 0 Å². The lowest BCUT2D eigenvalue weighted by Crippen LogP contribution is -2.27. The highest BCUT2D eigenvalue weighted by atomic mass is 32.2. The minimum absolute atomic E-state index is 0.0823. The highest BCUT2D eigenvalue weighted by Gasteiger charge is 2.28. The van der Waals surface area contributed by atoms with E-state index >= 15 is 0 Å². The number of carboxylic acid groups (broad SMARTS) is 1. The van der Waals surface area contributed by atoms with Gasteiger partial charge >= 0.3 is 5.97 Å². The fourth-order valence-electron chi connectivity index (χ4n) is 1.83. The van der Waals surface area contributed by atoms with Crippen LogP contribution in [-0.2, 0) is 16.6 Å². The van der Waals surface area contributed by atoms with E-state index in [0.717, 1.165) is 21.3 Å². The van der Waals surface area contributed by atoms with Crippen LogP contribution in [0.2, 0.25) is 0 Å². The highest BCUT2D eigenvalue weighted by molar-refractivity contribution is 7.89. The molecule has 0 atom stereocenters. The number of carbonyl (C=O) groups is 1. The number of hydrogen-bond donors (Lipinski definition) is 1. The first-order valence-electron chi connectivity index (χ1n) is 6.02. The lowest BCUT2D eigenvalue weighted by Gasteiger charge is -2.16. The van der Waals surface area contributed by atoms with Crippen LogP contribution in [0.5, 0.6) is 0 Å². The van der Waals surface area contributed by atoms with Crippen LogP contribution in [0.3, 0.4) is 0 Å². The molecule has 0 saturated carbocycles. The van der Waals surface area contributed by atoms with Gasteiger partial charge in [-0.2, -0.15) is 4.31 Å². The molecule has 0 amide bonds. The van der Waals surface area contributed by atoms with Gasteiger partial charge in [0.2, 0.25) is 10.0 Å². The van der Waals surface area contributed by atoms with Gasteiger partial charge in [0.25, 0.3) is 0 Å². The van der Waals surface area contributed by atoms with E-state index in [-0.39, 0.29) is 16.3 Å². The zero-order valence-corrected chi connectivity index (χ0v) is 13.1. The molecule has 0 spiro atoms. The Labute approximate surface area is 126 Å². The number of aryl methyl sites for hydroxylation is 1. The summed E-state index contributed by atoms with van der Waals surface area (Å²) in [4.78, 5) is 14.9. The molecule has 0 unspecified atom stereocenters. The first kappa shape index (κ1) is 15.6. The average Bonchev–Trinajstić information content (AvgIpc) is 2.88. The number of aromatic carboxylic acids is 1. The third-order valence-electron chi connectivity index (χ3n) is 2.84. The standard InChI is InChI=1S/C13H14N2O4S2/c1-9-4-3-5-10(14-9)8-15(2)21(18,19)11-6-7-20-12(11)13(16)17/h3-7H,8H2,1-2H3,(H,16,17). The van der Waals surface area contributed by atoms with Crippen LogP contribution >= 0.6 is 11.3 Å². The van der Waals surface area contributed by atoms with E-state index in [1.807, 2.05) is 13.0 Å². The molecule has 0 radical (unpaired) electrons. The van der Waals surface area contributed by atoms with E-state index in [4.69, 9.17) is 5.11 Å². The van der Waals surface area contributed by atoms with E-state index in [9.17, 15) is 13.2 Å². The van der Waals surface area contributed by atoms with Gasteiger partial charge in [0.05, 0.1) is 12.2 Å². The summed E-state index contributed by atoms with van der Waals surface area (Å²) in [6.07, 6.45) is 0. The number of nitrogens with zero attached hydrogens (tertiary/aromatic N) is 2. The lowest BCUT2D eigenvalue weighted by molar-refractivity contribution is 0.0698. The Hall–Kier alpha value is -1.77. The number of sulfonamides is 1. The van der Waals surface area contributed by atoms with Gasteiger partial charge < -0.3 is 5.11 Å². The Kier molecular flexibility index (Phi) is 4.40. The van der Waals surface area contributed by atoms with Crippen LogP contribution in [-0.4, -0.2) is 35.8 Å². The van der Waals surface area contributed by atoms with Gasteiger partial charge in [-0.3, -0.25) is 4.98 Å². The molecule has 6 nitrogen and oxygen atoms in total. The Morgan fingerprint density at radius 3 is 2.71 bits per heavy atom. The first-order chi connectivity index (χ1) is 9.82. The Balaban J connectivity index is 2.31. The fourth-order valence-corrected chi connectivity index (χ4v) is 4.20. The molecule has 21 heavy (non-hydrogen) atoms. The third kappa shape index (κ3) is 3.29. The minimum atomic E-state index is -3.86. The van der Waals surface area contributed by atoms with E-state index in [1.54, 1.807) is 12.1 Å². The zero-order valence-electron chi connectivity index (χ0n) is 11.5. The topological polar surface area (TPSA) is 87.6 Å². The Morgan fingerprint density at radius 1 is 1.38 bits per heavy atom. The van der Waals surface area contributed by atoms with Crippen LogP contribution < -0.4 is 0 Å². The van der Waals surface area contributed by atoms with Crippen LogP contribution in [0, 0.1) is 6.92 Å². The van der Waals surface area contributed by atoms with E-state index in [2.05, 4.69) is 4.98 Å². The number of pyridine rings is 1. The SMILES string of the molecule is Cc1cccc(CN(C)S(=O)(=O)c2ccsc2C(=O)O)n1. The maximum absolute atomic E-state index is 12.4. The molecule has 2 aromatic rings. The predicted molar refractivity (Wildman–Crippen MR) is 78.9 cm³/mol. The van der Waals surface area contributed by atoms with Gasteiger partial charge in [-0.05, 0) is 30.5 Å². The van der Waals surface area contributed by atoms with Crippen LogP contribution in [0.15, 0.2) is 34.5 Å². The van der Waals surface area contributed by atoms with Crippen molar-refractivity contribution in [3.8, 4) is 0 Å². The summed E-state index contributed by atoms with van der Waals surface area (Å²) in [5.74, 6) is -1.24.